The van der Waals surface area contributed by atoms with E-state index in [0.717, 1.165) is 5.56 Å². The van der Waals surface area contributed by atoms with Gasteiger partial charge in [0.25, 0.3) is 5.91 Å². The van der Waals surface area contributed by atoms with Gasteiger partial charge >= 0.3 is 0 Å². The third-order valence-corrected chi connectivity index (χ3v) is 5.21. The lowest BCUT2D eigenvalue weighted by atomic mass is 10.0. The topological polar surface area (TPSA) is 80.1 Å². The van der Waals surface area contributed by atoms with Gasteiger partial charge in [0.05, 0.1) is 18.3 Å². The van der Waals surface area contributed by atoms with Gasteiger partial charge in [0.2, 0.25) is 5.91 Å². The normalized spacial score (nSPS) is 14.5. The number of carbonyl (C=O) groups is 2. The van der Waals surface area contributed by atoms with Crippen LogP contribution in [0.25, 0.3) is 5.69 Å². The minimum Gasteiger partial charge on any atom is -0.353 e. The number of halogens is 2. The lowest BCUT2D eigenvalue weighted by molar-refractivity contribution is -0.121. The maximum absolute atomic E-state index is 13.4. The molecule has 4 rings (SSSR count). The highest BCUT2D eigenvalue weighted by Crippen LogP contribution is 2.15. The van der Waals surface area contributed by atoms with E-state index in [-0.39, 0.29) is 35.8 Å². The van der Waals surface area contributed by atoms with Crippen molar-refractivity contribution in [2.24, 2.45) is 0 Å². The molecule has 160 valence electrons. The zero-order chi connectivity index (χ0) is 21.8. The molecule has 0 spiro atoms. The van der Waals surface area contributed by atoms with Crippen molar-refractivity contribution in [2.75, 3.05) is 13.1 Å². The van der Waals surface area contributed by atoms with Gasteiger partial charge in [0.15, 0.2) is 5.69 Å². The predicted octanol–water partition coefficient (Wildman–Crippen LogP) is 2.51. The minimum atomic E-state index is -0.399. The fourth-order valence-electron chi connectivity index (χ4n) is 3.56. The van der Waals surface area contributed by atoms with Crippen molar-refractivity contribution in [1.82, 2.24) is 25.2 Å². The molecule has 31 heavy (non-hydrogen) atoms. The lowest BCUT2D eigenvalue weighted by Crippen LogP contribution is -2.47. The van der Waals surface area contributed by atoms with Gasteiger partial charge in [-0.1, -0.05) is 23.4 Å². The van der Waals surface area contributed by atoms with Gasteiger partial charge in [0.1, 0.15) is 11.6 Å². The Hall–Kier alpha value is -3.62. The summed E-state index contributed by atoms with van der Waals surface area (Å²) in [5.41, 5.74) is 1.41. The first-order valence-corrected chi connectivity index (χ1v) is 9.99. The number of piperidine rings is 1. The summed E-state index contributed by atoms with van der Waals surface area (Å²) in [5, 5.41) is 10.8. The van der Waals surface area contributed by atoms with Gasteiger partial charge in [-0.05, 0) is 48.7 Å². The van der Waals surface area contributed by atoms with Crippen molar-refractivity contribution in [1.29, 1.82) is 0 Å². The minimum absolute atomic E-state index is 0.0278. The summed E-state index contributed by atoms with van der Waals surface area (Å²) in [5.74, 6) is -1.12. The number of nitrogens with zero attached hydrogens (tertiary/aromatic N) is 4. The predicted molar refractivity (Wildman–Crippen MR) is 108 cm³/mol. The highest BCUT2D eigenvalue weighted by Gasteiger charge is 2.26. The van der Waals surface area contributed by atoms with Crippen molar-refractivity contribution in [3.05, 3.63) is 77.6 Å². The molecule has 0 saturated carbocycles. The Kier molecular flexibility index (Phi) is 6.01. The standard InChI is InChI=1S/C22H21F2N5O2/c23-16-6-4-15(5-7-16)12-21(30)25-18-8-10-28(11-9-18)22(31)20-14-29(27-26-20)19-3-1-2-17(24)13-19/h1-7,13-14,18H,8-12H2,(H,25,30). The van der Waals surface area contributed by atoms with E-state index in [2.05, 4.69) is 15.6 Å². The SMILES string of the molecule is O=C(Cc1ccc(F)cc1)NC1CCN(C(=O)c2cn(-c3cccc(F)c3)nn2)CC1. The number of aromatic nitrogens is 3. The first kappa shape index (κ1) is 20.6. The number of likely N-dealkylation sites (tertiary alicyclic amines) is 1. The van der Waals surface area contributed by atoms with E-state index >= 15 is 0 Å². The molecule has 3 aromatic rings. The average Bonchev–Trinajstić information content (AvgIpc) is 3.26. The molecule has 1 N–H and O–H groups in total. The number of hydrogen-bond donors (Lipinski definition) is 1. The van der Waals surface area contributed by atoms with Crippen LogP contribution in [0.4, 0.5) is 8.78 Å². The van der Waals surface area contributed by atoms with Gasteiger partial charge in [-0.15, -0.1) is 5.10 Å². The van der Waals surface area contributed by atoms with E-state index < -0.39 is 5.82 Å². The first-order valence-electron chi connectivity index (χ1n) is 9.99. The van der Waals surface area contributed by atoms with Crippen molar-refractivity contribution in [2.45, 2.75) is 25.3 Å². The smallest absolute Gasteiger partial charge is 0.276 e. The summed E-state index contributed by atoms with van der Waals surface area (Å²) in [7, 11) is 0. The Morgan fingerprint density at radius 2 is 1.77 bits per heavy atom. The quantitative estimate of drug-likeness (QED) is 0.681. The lowest BCUT2D eigenvalue weighted by Gasteiger charge is -2.32. The third-order valence-electron chi connectivity index (χ3n) is 5.21. The molecule has 1 aliphatic heterocycles. The maximum atomic E-state index is 13.4. The fourth-order valence-corrected chi connectivity index (χ4v) is 3.56. The number of benzene rings is 2. The number of amides is 2. The van der Waals surface area contributed by atoms with Crippen LogP contribution >= 0.6 is 0 Å². The van der Waals surface area contributed by atoms with Crippen LogP contribution in [-0.2, 0) is 11.2 Å². The van der Waals surface area contributed by atoms with Gasteiger partial charge < -0.3 is 10.2 Å². The highest BCUT2D eigenvalue weighted by molar-refractivity contribution is 5.92. The Bertz CT molecular complexity index is 1080. The number of rotatable bonds is 5. The molecule has 2 heterocycles. The number of hydrogen-bond acceptors (Lipinski definition) is 4. The van der Waals surface area contributed by atoms with Crippen LogP contribution < -0.4 is 5.32 Å². The van der Waals surface area contributed by atoms with Crippen molar-refractivity contribution in [3.63, 3.8) is 0 Å². The molecule has 9 heteroatoms. The maximum Gasteiger partial charge on any atom is 0.276 e. The van der Waals surface area contributed by atoms with Crippen molar-refractivity contribution < 1.29 is 18.4 Å². The monoisotopic (exact) mass is 425 g/mol. The summed E-state index contributed by atoms with van der Waals surface area (Å²) in [4.78, 5) is 26.6. The summed E-state index contributed by atoms with van der Waals surface area (Å²) in [6.07, 6.45) is 2.91. The van der Waals surface area contributed by atoms with Crippen LogP contribution in [0.3, 0.4) is 0 Å². The summed E-state index contributed by atoms with van der Waals surface area (Å²) < 4.78 is 27.7. The molecule has 2 amide bonds. The Balaban J connectivity index is 1.29. The molecule has 1 aliphatic rings. The summed E-state index contributed by atoms with van der Waals surface area (Å²) in [6.45, 7) is 0.959. The molecular formula is C22H21F2N5O2. The van der Waals surface area contributed by atoms with Gasteiger partial charge in [-0.2, -0.15) is 0 Å². The molecule has 0 atom stereocenters. The van der Waals surface area contributed by atoms with Gasteiger partial charge in [0, 0.05) is 19.1 Å². The molecule has 0 aliphatic carbocycles. The van der Waals surface area contributed by atoms with Crippen LogP contribution in [0.15, 0.2) is 54.7 Å². The first-order chi connectivity index (χ1) is 15.0. The Morgan fingerprint density at radius 1 is 1.03 bits per heavy atom. The summed E-state index contributed by atoms with van der Waals surface area (Å²) in [6, 6.07) is 11.7. The molecule has 1 aromatic heterocycles. The molecule has 0 unspecified atom stereocenters. The van der Waals surface area contributed by atoms with Crippen LogP contribution in [0.2, 0.25) is 0 Å². The van der Waals surface area contributed by atoms with E-state index in [1.165, 1.54) is 35.1 Å². The zero-order valence-electron chi connectivity index (χ0n) is 16.7. The van der Waals surface area contributed by atoms with Crippen LogP contribution in [0.1, 0.15) is 28.9 Å². The van der Waals surface area contributed by atoms with Gasteiger partial charge in [-0.25, -0.2) is 13.5 Å². The van der Waals surface area contributed by atoms with Gasteiger partial charge in [-0.3, -0.25) is 9.59 Å². The molecule has 0 radical (unpaired) electrons. The summed E-state index contributed by atoms with van der Waals surface area (Å²) >= 11 is 0. The van der Waals surface area contributed by atoms with Crippen LogP contribution in [0, 0.1) is 11.6 Å². The Labute approximate surface area is 177 Å². The van der Waals surface area contributed by atoms with E-state index in [0.29, 0.717) is 31.6 Å². The zero-order valence-corrected chi connectivity index (χ0v) is 16.7. The second-order valence-corrected chi connectivity index (χ2v) is 7.47. The molecule has 7 nitrogen and oxygen atoms in total. The molecule has 1 saturated heterocycles. The van der Waals surface area contributed by atoms with Crippen LogP contribution in [0.5, 0.6) is 0 Å². The number of carbonyl (C=O) groups excluding carboxylic acids is 2. The van der Waals surface area contributed by atoms with E-state index in [9.17, 15) is 18.4 Å². The fraction of sp³-hybridized carbons (Fsp3) is 0.273. The Morgan fingerprint density at radius 3 is 2.48 bits per heavy atom. The molecular weight excluding hydrogens is 404 g/mol. The van der Waals surface area contributed by atoms with E-state index in [4.69, 9.17) is 0 Å². The second-order valence-electron chi connectivity index (χ2n) is 7.47. The van der Waals surface area contributed by atoms with Crippen LogP contribution in [-0.4, -0.2) is 50.8 Å². The third kappa shape index (κ3) is 5.11. The average molecular weight is 425 g/mol. The van der Waals surface area contributed by atoms with Crippen molar-refractivity contribution in [3.8, 4) is 5.69 Å². The largest absolute Gasteiger partial charge is 0.353 e. The van der Waals surface area contributed by atoms with E-state index in [1.54, 1.807) is 29.2 Å². The second kappa shape index (κ2) is 9.03. The van der Waals surface area contributed by atoms with E-state index in [1.807, 2.05) is 0 Å². The van der Waals surface area contributed by atoms with Crippen molar-refractivity contribution >= 4 is 11.8 Å². The molecule has 1 fully saturated rings. The highest BCUT2D eigenvalue weighted by atomic mass is 19.1. The molecule has 2 aromatic carbocycles. The molecule has 0 bridgehead atoms. The number of nitrogens with one attached hydrogen (secondary N) is 1.